The summed E-state index contributed by atoms with van der Waals surface area (Å²) in [6, 6.07) is 8.33. The molecule has 0 saturated carbocycles. The van der Waals surface area contributed by atoms with Crippen molar-refractivity contribution in [2.24, 2.45) is 5.73 Å². The number of hydrogen-bond donors (Lipinski definition) is 1. The van der Waals surface area contributed by atoms with E-state index in [1.807, 2.05) is 12.1 Å². The summed E-state index contributed by atoms with van der Waals surface area (Å²) < 4.78 is 5.58. The summed E-state index contributed by atoms with van der Waals surface area (Å²) in [5.74, 6) is 0.916. The van der Waals surface area contributed by atoms with Gasteiger partial charge in [-0.1, -0.05) is 13.8 Å². The molecule has 0 spiro atoms. The van der Waals surface area contributed by atoms with Crippen molar-refractivity contribution in [1.29, 1.82) is 0 Å². The molecular formula is C16H22N2OS. The highest BCUT2D eigenvalue weighted by Crippen LogP contribution is 2.24. The van der Waals surface area contributed by atoms with Crippen molar-refractivity contribution in [3.8, 4) is 17.0 Å². The Morgan fingerprint density at radius 3 is 2.65 bits per heavy atom. The van der Waals surface area contributed by atoms with Crippen LogP contribution in [0.1, 0.15) is 31.7 Å². The Labute approximate surface area is 124 Å². The quantitative estimate of drug-likeness (QED) is 0.842. The van der Waals surface area contributed by atoms with E-state index in [2.05, 4.69) is 36.3 Å². The van der Waals surface area contributed by atoms with Crippen molar-refractivity contribution in [2.75, 3.05) is 6.61 Å². The Morgan fingerprint density at radius 1 is 1.25 bits per heavy atom. The van der Waals surface area contributed by atoms with Gasteiger partial charge in [-0.2, -0.15) is 0 Å². The average molecular weight is 290 g/mol. The van der Waals surface area contributed by atoms with E-state index in [0.717, 1.165) is 47.9 Å². The van der Waals surface area contributed by atoms with Crippen molar-refractivity contribution in [3.63, 3.8) is 0 Å². The normalized spacial score (nSPS) is 12.3. The maximum Gasteiger partial charge on any atom is 0.119 e. The number of nitrogens with zero attached hydrogens (tertiary/aromatic N) is 1. The summed E-state index contributed by atoms with van der Waals surface area (Å²) >= 11 is 1.68. The first kappa shape index (κ1) is 15.0. The second-order valence-electron chi connectivity index (χ2n) is 4.87. The second-order valence-corrected chi connectivity index (χ2v) is 5.81. The maximum atomic E-state index is 5.97. The Morgan fingerprint density at radius 2 is 2.00 bits per heavy atom. The molecule has 0 aliphatic rings. The van der Waals surface area contributed by atoms with E-state index in [-0.39, 0.29) is 6.04 Å². The molecule has 2 aromatic rings. The van der Waals surface area contributed by atoms with Crippen LogP contribution in [0.2, 0.25) is 0 Å². The molecule has 0 aliphatic carbocycles. The first-order chi connectivity index (χ1) is 9.72. The van der Waals surface area contributed by atoms with Crippen molar-refractivity contribution < 1.29 is 4.74 Å². The summed E-state index contributed by atoms with van der Waals surface area (Å²) in [7, 11) is 0. The maximum absolute atomic E-state index is 5.97. The summed E-state index contributed by atoms with van der Waals surface area (Å²) in [5, 5.41) is 3.21. The smallest absolute Gasteiger partial charge is 0.119 e. The molecule has 108 valence electrons. The molecule has 0 amide bonds. The number of nitrogens with two attached hydrogens (primary N) is 1. The van der Waals surface area contributed by atoms with Gasteiger partial charge in [0.15, 0.2) is 0 Å². The van der Waals surface area contributed by atoms with Gasteiger partial charge >= 0.3 is 0 Å². The van der Waals surface area contributed by atoms with E-state index < -0.39 is 0 Å². The third kappa shape index (κ3) is 4.05. The SMILES string of the molecule is CCCOc1ccc(-c2csc(CC(N)CC)n2)cc1. The molecule has 0 fully saturated rings. The molecule has 1 unspecified atom stereocenters. The van der Waals surface area contributed by atoms with Crippen LogP contribution in [-0.2, 0) is 6.42 Å². The molecule has 4 heteroatoms. The van der Waals surface area contributed by atoms with Crippen LogP contribution >= 0.6 is 11.3 Å². The van der Waals surface area contributed by atoms with Crippen LogP contribution < -0.4 is 10.5 Å². The van der Waals surface area contributed by atoms with E-state index in [1.54, 1.807) is 11.3 Å². The van der Waals surface area contributed by atoms with Gasteiger partial charge in [0.25, 0.3) is 0 Å². The fourth-order valence-corrected chi connectivity index (χ4v) is 2.75. The fourth-order valence-electron chi connectivity index (χ4n) is 1.85. The molecule has 2 rings (SSSR count). The zero-order chi connectivity index (χ0) is 14.4. The minimum absolute atomic E-state index is 0.207. The molecule has 1 atom stereocenters. The van der Waals surface area contributed by atoms with Crippen LogP contribution in [-0.4, -0.2) is 17.6 Å². The highest BCUT2D eigenvalue weighted by molar-refractivity contribution is 7.09. The standard InChI is InChI=1S/C16H22N2OS/c1-3-9-19-14-7-5-12(6-8-14)15-11-20-16(18-15)10-13(17)4-2/h5-8,11,13H,3-4,9-10,17H2,1-2H3. The van der Waals surface area contributed by atoms with E-state index in [0.29, 0.717) is 0 Å². The number of thiazole rings is 1. The molecule has 2 N–H and O–H groups in total. The summed E-state index contributed by atoms with van der Waals surface area (Å²) in [6.45, 7) is 4.97. The van der Waals surface area contributed by atoms with Crippen molar-refractivity contribution in [3.05, 3.63) is 34.7 Å². The molecule has 20 heavy (non-hydrogen) atoms. The molecule has 0 aliphatic heterocycles. The molecule has 3 nitrogen and oxygen atoms in total. The van der Waals surface area contributed by atoms with E-state index in [9.17, 15) is 0 Å². The van der Waals surface area contributed by atoms with Gasteiger partial charge in [0.1, 0.15) is 5.75 Å². The molecular weight excluding hydrogens is 268 g/mol. The van der Waals surface area contributed by atoms with E-state index in [4.69, 9.17) is 10.5 Å². The van der Waals surface area contributed by atoms with Crippen molar-refractivity contribution >= 4 is 11.3 Å². The predicted molar refractivity (Wildman–Crippen MR) is 85.3 cm³/mol. The number of hydrogen-bond acceptors (Lipinski definition) is 4. The predicted octanol–water partition coefficient (Wildman–Crippen LogP) is 3.88. The first-order valence-corrected chi connectivity index (χ1v) is 8.04. The van der Waals surface area contributed by atoms with Gasteiger partial charge < -0.3 is 10.5 Å². The first-order valence-electron chi connectivity index (χ1n) is 7.16. The van der Waals surface area contributed by atoms with Gasteiger partial charge in [0.05, 0.1) is 17.3 Å². The largest absolute Gasteiger partial charge is 0.494 e. The number of ether oxygens (including phenoxy) is 1. The topological polar surface area (TPSA) is 48.1 Å². The Balaban J connectivity index is 2.04. The van der Waals surface area contributed by atoms with Gasteiger partial charge in [0, 0.05) is 23.4 Å². The summed E-state index contributed by atoms with van der Waals surface area (Å²) in [5.41, 5.74) is 8.12. The van der Waals surface area contributed by atoms with Crippen LogP contribution in [0.5, 0.6) is 5.75 Å². The minimum atomic E-state index is 0.207. The Kier molecular flexibility index (Phi) is 5.56. The molecule has 1 aromatic carbocycles. The zero-order valence-corrected chi connectivity index (χ0v) is 13.0. The van der Waals surface area contributed by atoms with Crippen LogP contribution in [0.25, 0.3) is 11.3 Å². The van der Waals surface area contributed by atoms with Gasteiger partial charge in [-0.15, -0.1) is 11.3 Å². The highest BCUT2D eigenvalue weighted by atomic mass is 32.1. The lowest BCUT2D eigenvalue weighted by atomic mass is 10.1. The number of benzene rings is 1. The average Bonchev–Trinajstić information content (AvgIpc) is 2.94. The lowest BCUT2D eigenvalue weighted by molar-refractivity contribution is 0.317. The molecule has 0 saturated heterocycles. The molecule has 0 bridgehead atoms. The lowest BCUT2D eigenvalue weighted by Gasteiger charge is -2.05. The summed E-state index contributed by atoms with van der Waals surface area (Å²) in [6.07, 6.45) is 2.87. The summed E-state index contributed by atoms with van der Waals surface area (Å²) in [4.78, 5) is 4.66. The molecule has 1 heterocycles. The van der Waals surface area contributed by atoms with E-state index >= 15 is 0 Å². The third-order valence-electron chi connectivity index (χ3n) is 3.14. The van der Waals surface area contributed by atoms with Crippen LogP contribution in [0.3, 0.4) is 0 Å². The van der Waals surface area contributed by atoms with Crippen LogP contribution in [0.4, 0.5) is 0 Å². The van der Waals surface area contributed by atoms with E-state index in [1.165, 1.54) is 0 Å². The minimum Gasteiger partial charge on any atom is -0.494 e. The second kappa shape index (κ2) is 7.41. The molecule has 1 aromatic heterocycles. The van der Waals surface area contributed by atoms with Crippen LogP contribution in [0.15, 0.2) is 29.6 Å². The van der Waals surface area contributed by atoms with Gasteiger partial charge in [-0.05, 0) is 37.1 Å². The lowest BCUT2D eigenvalue weighted by Crippen LogP contribution is -2.21. The Hall–Kier alpha value is -1.39. The van der Waals surface area contributed by atoms with Gasteiger partial charge in [-0.3, -0.25) is 0 Å². The number of rotatable bonds is 7. The Bertz CT molecular complexity index is 522. The van der Waals surface area contributed by atoms with Crippen molar-refractivity contribution in [2.45, 2.75) is 39.2 Å². The van der Waals surface area contributed by atoms with Crippen LogP contribution in [0, 0.1) is 0 Å². The number of aromatic nitrogens is 1. The monoisotopic (exact) mass is 290 g/mol. The van der Waals surface area contributed by atoms with Gasteiger partial charge in [0.2, 0.25) is 0 Å². The zero-order valence-electron chi connectivity index (χ0n) is 12.1. The third-order valence-corrected chi connectivity index (χ3v) is 4.01. The van der Waals surface area contributed by atoms with Crippen molar-refractivity contribution in [1.82, 2.24) is 4.98 Å². The fraction of sp³-hybridized carbons (Fsp3) is 0.438. The highest BCUT2D eigenvalue weighted by Gasteiger charge is 2.08. The molecule has 0 radical (unpaired) electrons. The van der Waals surface area contributed by atoms with Gasteiger partial charge in [-0.25, -0.2) is 4.98 Å².